The number of carbonyl (C=O) groups is 1. The second-order valence-electron chi connectivity index (χ2n) is 3.01. The summed E-state index contributed by atoms with van der Waals surface area (Å²) in [7, 11) is 1.71. The lowest BCUT2D eigenvalue weighted by Gasteiger charge is -2.05. The number of hydrogen-bond acceptors (Lipinski definition) is 6. The predicted molar refractivity (Wildman–Crippen MR) is 66.7 cm³/mol. The summed E-state index contributed by atoms with van der Waals surface area (Å²) < 4.78 is 3.64. The second kappa shape index (κ2) is 5.07. The molecule has 2 N–H and O–H groups in total. The van der Waals surface area contributed by atoms with Crippen molar-refractivity contribution in [2.24, 2.45) is 0 Å². The first-order valence-electron chi connectivity index (χ1n) is 4.63. The fourth-order valence-electron chi connectivity index (χ4n) is 1.13. The third kappa shape index (κ3) is 2.69. The van der Waals surface area contributed by atoms with Crippen LogP contribution in [0.4, 0.5) is 10.8 Å². The Kier molecular flexibility index (Phi) is 3.50. The van der Waals surface area contributed by atoms with Gasteiger partial charge in [0.15, 0.2) is 0 Å². The van der Waals surface area contributed by atoms with Crippen molar-refractivity contribution in [1.82, 2.24) is 14.6 Å². The highest BCUT2D eigenvalue weighted by molar-refractivity contribution is 7.10. The monoisotopic (exact) mass is 269 g/mol. The summed E-state index contributed by atoms with van der Waals surface area (Å²) in [6, 6.07) is 3.30. The Morgan fingerprint density at radius 3 is 2.94 bits per heavy atom. The van der Waals surface area contributed by atoms with Crippen LogP contribution in [0.1, 0.15) is 10.5 Å². The van der Waals surface area contributed by atoms with Gasteiger partial charge in [-0.2, -0.15) is 0 Å². The summed E-state index contributed by atoms with van der Waals surface area (Å²) >= 11 is 6.99. The lowest BCUT2D eigenvalue weighted by molar-refractivity contribution is 0.102. The molecule has 0 fully saturated rings. The molecule has 1 amide bonds. The summed E-state index contributed by atoms with van der Waals surface area (Å²) in [6.07, 6.45) is 1.46. The topological polar surface area (TPSA) is 79.8 Å². The lowest BCUT2D eigenvalue weighted by Crippen LogP contribution is -2.14. The van der Waals surface area contributed by atoms with Crippen LogP contribution in [-0.4, -0.2) is 27.5 Å². The number of carbonyl (C=O) groups excluding carboxylic acids is 1. The van der Waals surface area contributed by atoms with Crippen molar-refractivity contribution < 1.29 is 4.79 Å². The number of nitrogens with zero attached hydrogens (tertiary/aromatic N) is 3. The van der Waals surface area contributed by atoms with Crippen molar-refractivity contribution in [3.05, 3.63) is 29.0 Å². The van der Waals surface area contributed by atoms with E-state index in [1.54, 1.807) is 19.2 Å². The van der Waals surface area contributed by atoms with Crippen LogP contribution >= 0.6 is 23.1 Å². The Morgan fingerprint density at radius 2 is 2.29 bits per heavy atom. The Morgan fingerprint density at radius 1 is 1.47 bits per heavy atom. The molecule has 2 rings (SSSR count). The molecule has 0 aromatic carbocycles. The summed E-state index contributed by atoms with van der Waals surface area (Å²) in [5.74, 6) is 0.181. The molecule has 0 unspecified atom stereocenters. The minimum Gasteiger partial charge on any atom is -0.373 e. The molecule has 0 aliphatic rings. The molecule has 88 valence electrons. The van der Waals surface area contributed by atoms with Gasteiger partial charge in [-0.1, -0.05) is 16.1 Å². The molecular weight excluding hydrogens is 262 g/mol. The van der Waals surface area contributed by atoms with Crippen LogP contribution < -0.4 is 10.6 Å². The molecule has 8 heteroatoms. The number of amides is 1. The Balaban J connectivity index is 2.24. The smallest absolute Gasteiger partial charge is 0.276 e. The highest BCUT2D eigenvalue weighted by atomic mass is 35.5. The maximum absolute atomic E-state index is 11.9. The standard InChI is InChI=1S/C9H8ClN5OS/c1-11-6-3-2-5(10)8(13-6)9(16)14-7-4-12-15-17-7/h2-4H,1H3,(H,11,13)(H,14,16). The van der Waals surface area contributed by atoms with Gasteiger partial charge >= 0.3 is 0 Å². The summed E-state index contributed by atoms with van der Waals surface area (Å²) in [5.41, 5.74) is 0.159. The minimum absolute atomic E-state index is 0.159. The summed E-state index contributed by atoms with van der Waals surface area (Å²) in [4.78, 5) is 15.9. The Labute approximate surface area is 106 Å². The second-order valence-corrected chi connectivity index (χ2v) is 4.21. The van der Waals surface area contributed by atoms with Crippen molar-refractivity contribution in [3.8, 4) is 0 Å². The fourth-order valence-corrected chi connectivity index (χ4v) is 1.74. The van der Waals surface area contributed by atoms with Crippen LogP contribution in [0.2, 0.25) is 5.02 Å². The number of rotatable bonds is 3. The molecule has 0 spiro atoms. The molecule has 0 atom stereocenters. The van der Waals surface area contributed by atoms with Gasteiger partial charge in [-0.05, 0) is 12.1 Å². The van der Waals surface area contributed by atoms with Crippen LogP contribution in [0.5, 0.6) is 0 Å². The summed E-state index contributed by atoms with van der Waals surface area (Å²) in [5, 5.41) is 9.89. The van der Waals surface area contributed by atoms with E-state index in [9.17, 15) is 4.79 Å². The van der Waals surface area contributed by atoms with Crippen molar-refractivity contribution in [2.75, 3.05) is 17.7 Å². The van der Waals surface area contributed by atoms with Gasteiger partial charge in [0.05, 0.1) is 11.2 Å². The molecule has 17 heavy (non-hydrogen) atoms. The minimum atomic E-state index is -0.391. The normalized spacial score (nSPS) is 10.0. The zero-order valence-electron chi connectivity index (χ0n) is 8.77. The van der Waals surface area contributed by atoms with Gasteiger partial charge in [-0.3, -0.25) is 4.79 Å². The van der Waals surface area contributed by atoms with Gasteiger partial charge in [0.1, 0.15) is 16.5 Å². The van der Waals surface area contributed by atoms with Gasteiger partial charge in [-0.15, -0.1) is 5.10 Å². The molecule has 0 radical (unpaired) electrons. The molecule has 0 aliphatic heterocycles. The largest absolute Gasteiger partial charge is 0.373 e. The third-order valence-corrected chi connectivity index (χ3v) is 2.80. The summed E-state index contributed by atoms with van der Waals surface area (Å²) in [6.45, 7) is 0. The first kappa shape index (κ1) is 11.7. The Bertz CT molecular complexity index is 530. The highest BCUT2D eigenvalue weighted by Gasteiger charge is 2.14. The molecule has 0 saturated carbocycles. The molecule has 6 nitrogen and oxygen atoms in total. The maximum atomic E-state index is 11.9. The van der Waals surface area contributed by atoms with E-state index in [0.29, 0.717) is 15.8 Å². The number of pyridine rings is 1. The van der Waals surface area contributed by atoms with Crippen molar-refractivity contribution >= 4 is 39.9 Å². The lowest BCUT2D eigenvalue weighted by atomic mass is 10.3. The van der Waals surface area contributed by atoms with E-state index < -0.39 is 5.91 Å². The third-order valence-electron chi connectivity index (χ3n) is 1.92. The molecule has 2 aromatic heterocycles. The van der Waals surface area contributed by atoms with E-state index in [0.717, 1.165) is 11.5 Å². The van der Waals surface area contributed by atoms with E-state index in [-0.39, 0.29) is 5.69 Å². The van der Waals surface area contributed by atoms with Gasteiger partial charge < -0.3 is 10.6 Å². The SMILES string of the molecule is CNc1ccc(Cl)c(C(=O)Nc2cnns2)n1. The molecule has 0 aliphatic carbocycles. The fraction of sp³-hybridized carbons (Fsp3) is 0.111. The van der Waals surface area contributed by atoms with E-state index in [1.165, 1.54) is 6.20 Å². The first-order valence-corrected chi connectivity index (χ1v) is 5.79. The number of hydrogen-bond donors (Lipinski definition) is 2. The van der Waals surface area contributed by atoms with Gasteiger partial charge in [0, 0.05) is 18.6 Å². The quantitative estimate of drug-likeness (QED) is 0.889. The predicted octanol–water partition coefficient (Wildman–Crippen LogP) is 1.88. The highest BCUT2D eigenvalue weighted by Crippen LogP contribution is 2.18. The Hall–Kier alpha value is -1.73. The van der Waals surface area contributed by atoms with Crippen LogP contribution in [0.25, 0.3) is 0 Å². The molecule has 0 bridgehead atoms. The van der Waals surface area contributed by atoms with Crippen molar-refractivity contribution in [3.63, 3.8) is 0 Å². The average Bonchev–Trinajstić information content (AvgIpc) is 2.82. The van der Waals surface area contributed by atoms with Crippen molar-refractivity contribution in [2.45, 2.75) is 0 Å². The maximum Gasteiger partial charge on any atom is 0.276 e. The number of nitrogens with one attached hydrogen (secondary N) is 2. The van der Waals surface area contributed by atoms with Crippen LogP contribution in [0, 0.1) is 0 Å². The van der Waals surface area contributed by atoms with Crippen LogP contribution in [-0.2, 0) is 0 Å². The van der Waals surface area contributed by atoms with Gasteiger partial charge in [0.2, 0.25) is 0 Å². The van der Waals surface area contributed by atoms with Crippen LogP contribution in [0.3, 0.4) is 0 Å². The van der Waals surface area contributed by atoms with Crippen LogP contribution in [0.15, 0.2) is 18.3 Å². The van der Waals surface area contributed by atoms with E-state index in [2.05, 4.69) is 25.2 Å². The zero-order valence-corrected chi connectivity index (χ0v) is 10.3. The molecular formula is C9H8ClN5OS. The first-order chi connectivity index (χ1) is 8.20. The van der Waals surface area contributed by atoms with E-state index in [4.69, 9.17) is 11.6 Å². The molecule has 2 heterocycles. The van der Waals surface area contributed by atoms with Crippen molar-refractivity contribution in [1.29, 1.82) is 0 Å². The van der Waals surface area contributed by atoms with Gasteiger partial charge in [-0.25, -0.2) is 4.98 Å². The number of halogens is 1. The number of aromatic nitrogens is 3. The number of anilines is 2. The zero-order chi connectivity index (χ0) is 12.3. The molecule has 0 saturated heterocycles. The van der Waals surface area contributed by atoms with E-state index in [1.807, 2.05) is 0 Å². The van der Waals surface area contributed by atoms with E-state index >= 15 is 0 Å². The molecule has 2 aromatic rings. The average molecular weight is 270 g/mol. The van der Waals surface area contributed by atoms with Gasteiger partial charge in [0.25, 0.3) is 5.91 Å².